The van der Waals surface area contributed by atoms with Crippen molar-refractivity contribution in [1.82, 2.24) is 39.5 Å². The van der Waals surface area contributed by atoms with Gasteiger partial charge in [0.15, 0.2) is 0 Å². The molecular formula is C58H68F2N10O10S2. The van der Waals surface area contributed by atoms with Crippen LogP contribution in [-0.4, -0.2) is 98.0 Å². The third kappa shape index (κ3) is 17.4. The molecule has 0 bridgehead atoms. The lowest BCUT2D eigenvalue weighted by Crippen LogP contribution is -2.12. The highest BCUT2D eigenvalue weighted by molar-refractivity contribution is 7.20. The van der Waals surface area contributed by atoms with E-state index in [9.17, 15) is 28.0 Å². The fourth-order valence-electron chi connectivity index (χ4n) is 9.77. The van der Waals surface area contributed by atoms with Gasteiger partial charge >= 0.3 is 23.9 Å². The number of rotatable bonds is 20. The van der Waals surface area contributed by atoms with E-state index in [1.165, 1.54) is 88.5 Å². The number of anilines is 4. The molecule has 0 aliphatic heterocycles. The van der Waals surface area contributed by atoms with Gasteiger partial charge in [-0.25, -0.2) is 28.7 Å². The number of nitrogens with one attached hydrogen (secondary N) is 2. The summed E-state index contributed by atoms with van der Waals surface area (Å²) in [6.07, 6.45) is 25.8. The maximum Gasteiger partial charge on any atom is 0.303 e. The second-order valence-corrected chi connectivity index (χ2v) is 22.3. The molecule has 8 aromatic rings. The van der Waals surface area contributed by atoms with Crippen LogP contribution in [0, 0.1) is 25.5 Å². The minimum absolute atomic E-state index is 0.0628. The Labute approximate surface area is 480 Å². The largest absolute Gasteiger partial charge is 0.496 e. The monoisotopic (exact) mass is 1170 g/mol. The fourth-order valence-corrected chi connectivity index (χ4v) is 11.7. The highest BCUT2D eigenvalue weighted by Gasteiger charge is 2.22. The number of aliphatic carboxylic acids is 4. The number of aryl methyl sites for hydroxylation is 2. The SMILES string of the molecule is COc1cc(F)ccc1-c1c(C)sc2cnc(Nc3cnn(C4CCCCC4)c3)nc12.COc1cc(F)ccc1-c1c(C)sc2cnc(Nc3cnn(C4CCCCC4)c3)nc12.O=C(O)CCCCC(=O)O.O=C(O)CCCCC(=O)O. The maximum atomic E-state index is 13.7. The van der Waals surface area contributed by atoms with Crippen LogP contribution in [0.1, 0.15) is 137 Å². The molecule has 0 unspecified atom stereocenters. The molecule has 0 spiro atoms. The minimum Gasteiger partial charge on any atom is -0.496 e. The van der Waals surface area contributed by atoms with Crippen molar-refractivity contribution in [2.75, 3.05) is 24.9 Å². The van der Waals surface area contributed by atoms with Crippen LogP contribution in [0.15, 0.2) is 73.6 Å². The number of carboxylic acid groups (broad SMARTS) is 4. The number of thiophene rings is 2. The van der Waals surface area contributed by atoms with Crippen molar-refractivity contribution in [3.63, 3.8) is 0 Å². The molecule has 10 rings (SSSR count). The lowest BCUT2D eigenvalue weighted by Gasteiger charge is -2.21. The predicted octanol–water partition coefficient (Wildman–Crippen LogP) is 14.0. The van der Waals surface area contributed by atoms with Crippen LogP contribution in [0.25, 0.3) is 42.7 Å². The Morgan fingerprint density at radius 1 is 0.561 bits per heavy atom. The van der Waals surface area contributed by atoms with E-state index in [1.807, 2.05) is 51.0 Å². The van der Waals surface area contributed by atoms with Gasteiger partial charge in [0, 0.05) is 82.2 Å². The van der Waals surface area contributed by atoms with Gasteiger partial charge in [-0.05, 0) is 89.5 Å². The van der Waals surface area contributed by atoms with Gasteiger partial charge in [-0.15, -0.1) is 22.7 Å². The number of halogens is 2. The first kappa shape index (κ1) is 61.5. The molecule has 2 aliphatic carbocycles. The van der Waals surface area contributed by atoms with Crippen LogP contribution in [0.4, 0.5) is 32.1 Å². The molecule has 2 fully saturated rings. The molecule has 2 saturated carbocycles. The molecule has 0 atom stereocenters. The summed E-state index contributed by atoms with van der Waals surface area (Å²) in [7, 11) is 3.10. The van der Waals surface area contributed by atoms with Crippen molar-refractivity contribution in [3.8, 4) is 33.8 Å². The highest BCUT2D eigenvalue weighted by Crippen LogP contribution is 2.43. The predicted molar refractivity (Wildman–Crippen MR) is 311 cm³/mol. The van der Waals surface area contributed by atoms with E-state index in [-0.39, 0.29) is 37.3 Å². The zero-order valence-electron chi connectivity index (χ0n) is 46.2. The van der Waals surface area contributed by atoms with Gasteiger partial charge < -0.3 is 40.5 Å². The molecule has 6 heterocycles. The summed E-state index contributed by atoms with van der Waals surface area (Å²) >= 11 is 3.23. The van der Waals surface area contributed by atoms with Crippen molar-refractivity contribution >= 4 is 90.3 Å². The summed E-state index contributed by atoms with van der Waals surface area (Å²) in [5, 5.41) is 48.2. The number of carbonyl (C=O) groups is 4. The summed E-state index contributed by atoms with van der Waals surface area (Å²) < 4.78 is 44.4. The molecule has 0 radical (unpaired) electrons. The molecule has 24 heteroatoms. The smallest absolute Gasteiger partial charge is 0.303 e. The highest BCUT2D eigenvalue weighted by atomic mass is 32.1. The molecule has 20 nitrogen and oxygen atoms in total. The van der Waals surface area contributed by atoms with Gasteiger partial charge in [-0.3, -0.25) is 28.5 Å². The quantitative estimate of drug-likeness (QED) is 0.0387. The van der Waals surface area contributed by atoms with E-state index < -0.39 is 23.9 Å². The summed E-state index contributed by atoms with van der Waals surface area (Å²) in [6, 6.07) is 10.1. The van der Waals surface area contributed by atoms with Gasteiger partial charge in [0.05, 0.1) is 82.9 Å². The number of methoxy groups -OCH3 is 2. The topological polar surface area (TPSA) is 279 Å². The Morgan fingerprint density at radius 3 is 1.24 bits per heavy atom. The average Bonchev–Trinajstić information content (AvgIpc) is 3.54. The van der Waals surface area contributed by atoms with Crippen molar-refractivity contribution in [3.05, 3.63) is 95.0 Å². The summed E-state index contributed by atoms with van der Waals surface area (Å²) in [5.74, 6) is -2.14. The van der Waals surface area contributed by atoms with Gasteiger partial charge in [0.25, 0.3) is 0 Å². The molecular weight excluding hydrogens is 1100 g/mol. The fraction of sp³-hybridized carbons (Fsp3) is 0.414. The van der Waals surface area contributed by atoms with Gasteiger partial charge in [0.1, 0.15) is 23.1 Å². The van der Waals surface area contributed by atoms with Crippen LogP contribution in [0.3, 0.4) is 0 Å². The number of hydrogen-bond acceptors (Lipinski definition) is 16. The first-order chi connectivity index (χ1) is 39.5. The number of unbranched alkanes of at least 4 members (excludes halogenated alkanes) is 2. The minimum atomic E-state index is -0.870. The van der Waals surface area contributed by atoms with E-state index in [4.69, 9.17) is 39.9 Å². The number of hydrogen-bond donors (Lipinski definition) is 6. The van der Waals surface area contributed by atoms with E-state index in [1.54, 1.807) is 49.0 Å². The maximum absolute atomic E-state index is 13.7. The number of carboxylic acids is 4. The average molecular weight is 1170 g/mol. The Morgan fingerprint density at radius 2 is 0.915 bits per heavy atom. The molecule has 0 amide bonds. The van der Waals surface area contributed by atoms with Crippen molar-refractivity contribution < 1.29 is 57.9 Å². The number of nitrogens with zero attached hydrogens (tertiary/aromatic N) is 8. The summed E-state index contributed by atoms with van der Waals surface area (Å²) in [5.41, 5.74) is 6.93. The third-order valence-electron chi connectivity index (χ3n) is 13.8. The van der Waals surface area contributed by atoms with E-state index in [2.05, 4.69) is 40.2 Å². The molecule has 6 N–H and O–H groups in total. The molecule has 6 aromatic heterocycles. The number of fused-ring (bicyclic) bond motifs is 2. The molecule has 2 aliphatic rings. The second kappa shape index (κ2) is 30.1. The van der Waals surface area contributed by atoms with Crippen molar-refractivity contribution in [1.29, 1.82) is 0 Å². The van der Waals surface area contributed by atoms with Crippen molar-refractivity contribution in [2.45, 2.75) is 142 Å². The first-order valence-corrected chi connectivity index (χ1v) is 28.8. The van der Waals surface area contributed by atoms with Crippen LogP contribution in [0.2, 0.25) is 0 Å². The van der Waals surface area contributed by atoms with Crippen LogP contribution in [-0.2, 0) is 19.2 Å². The number of benzene rings is 2. The standard InChI is InChI=1S/2C23H24FN5OS.2C6H10O4/c2*1-14-21(18-9-8-15(24)10-19(18)30-2)22-20(31-14)12-25-23(28-22)27-16-11-26-29(13-16)17-6-4-3-5-7-17;2*7-5(8)3-1-2-4-6(9)10/h2*8-13,17H,3-7H2,1-2H3,(H,25,27,28);2*1-4H2,(H,7,8)(H,9,10). The molecule has 436 valence electrons. The van der Waals surface area contributed by atoms with Crippen LogP contribution >= 0.6 is 22.7 Å². The number of aromatic nitrogens is 8. The molecule has 2 aromatic carbocycles. The first-order valence-electron chi connectivity index (χ1n) is 27.2. The van der Waals surface area contributed by atoms with Crippen molar-refractivity contribution in [2.24, 2.45) is 0 Å². The zero-order chi connectivity index (χ0) is 58.7. The Balaban J connectivity index is 0.000000178. The molecule has 82 heavy (non-hydrogen) atoms. The zero-order valence-corrected chi connectivity index (χ0v) is 47.8. The second-order valence-electron chi connectivity index (χ2n) is 19.8. The summed E-state index contributed by atoms with van der Waals surface area (Å²) in [6.45, 7) is 4.07. The summed E-state index contributed by atoms with van der Waals surface area (Å²) in [4.78, 5) is 60.3. The third-order valence-corrected chi connectivity index (χ3v) is 15.8. The Bertz CT molecular complexity index is 3190. The van der Waals surface area contributed by atoms with Gasteiger partial charge in [-0.1, -0.05) is 38.5 Å². The van der Waals surface area contributed by atoms with E-state index in [0.717, 1.165) is 63.8 Å². The van der Waals surface area contributed by atoms with Gasteiger partial charge in [-0.2, -0.15) is 10.2 Å². The van der Waals surface area contributed by atoms with E-state index in [0.29, 0.717) is 61.2 Å². The van der Waals surface area contributed by atoms with Crippen LogP contribution in [0.5, 0.6) is 11.5 Å². The van der Waals surface area contributed by atoms with E-state index >= 15 is 0 Å². The normalized spacial score (nSPS) is 13.4. The lowest BCUT2D eigenvalue weighted by molar-refractivity contribution is -0.139. The Kier molecular flexibility index (Phi) is 22.6. The van der Waals surface area contributed by atoms with Gasteiger partial charge in [0.2, 0.25) is 11.9 Å². The lowest BCUT2D eigenvalue weighted by atomic mass is 9.96. The Hall–Kier alpha value is -8.12. The molecule has 0 saturated heterocycles. The number of ether oxygens (including phenoxy) is 2. The van der Waals surface area contributed by atoms with Crippen LogP contribution < -0.4 is 20.1 Å².